The Balaban J connectivity index is 1.90. The van der Waals surface area contributed by atoms with E-state index in [0.29, 0.717) is 17.2 Å². The Morgan fingerprint density at radius 2 is 2.00 bits per heavy atom. The van der Waals surface area contributed by atoms with Gasteiger partial charge >= 0.3 is 0 Å². The Labute approximate surface area is 114 Å². The van der Waals surface area contributed by atoms with Crippen molar-refractivity contribution < 1.29 is 9.13 Å². The van der Waals surface area contributed by atoms with Gasteiger partial charge in [-0.05, 0) is 48.9 Å². The first-order chi connectivity index (χ1) is 9.25. The Hall–Kier alpha value is -1.09. The van der Waals surface area contributed by atoms with Crippen LogP contribution < -0.4 is 10.1 Å². The highest BCUT2D eigenvalue weighted by atomic mass is 19.1. The van der Waals surface area contributed by atoms with Crippen molar-refractivity contribution in [2.24, 2.45) is 5.41 Å². The zero-order valence-electron chi connectivity index (χ0n) is 11.5. The first-order valence-corrected chi connectivity index (χ1v) is 7.32. The van der Waals surface area contributed by atoms with E-state index < -0.39 is 0 Å². The van der Waals surface area contributed by atoms with Gasteiger partial charge < -0.3 is 10.1 Å². The summed E-state index contributed by atoms with van der Waals surface area (Å²) in [6.45, 7) is 1.05. The highest BCUT2D eigenvalue weighted by Crippen LogP contribution is 2.51. The smallest absolute Gasteiger partial charge is 0.165 e. The first kappa shape index (κ1) is 12.9. The molecule has 19 heavy (non-hydrogen) atoms. The second-order valence-electron chi connectivity index (χ2n) is 5.95. The molecule has 1 spiro atoms. The van der Waals surface area contributed by atoms with Crippen LogP contribution in [0.15, 0.2) is 18.2 Å². The van der Waals surface area contributed by atoms with E-state index in [2.05, 4.69) is 5.32 Å². The summed E-state index contributed by atoms with van der Waals surface area (Å²) < 4.78 is 18.9. The Morgan fingerprint density at radius 3 is 2.68 bits per heavy atom. The maximum Gasteiger partial charge on any atom is 0.165 e. The van der Waals surface area contributed by atoms with Gasteiger partial charge in [0.05, 0.1) is 7.11 Å². The molecule has 1 heterocycles. The van der Waals surface area contributed by atoms with E-state index in [1.807, 2.05) is 6.07 Å². The third kappa shape index (κ3) is 2.25. The summed E-state index contributed by atoms with van der Waals surface area (Å²) in [5.74, 6) is 0.0825. The summed E-state index contributed by atoms with van der Waals surface area (Å²) in [7, 11) is 1.51. The molecule has 1 aliphatic carbocycles. The molecule has 1 unspecified atom stereocenters. The van der Waals surface area contributed by atoms with Crippen LogP contribution in [0.2, 0.25) is 0 Å². The van der Waals surface area contributed by atoms with Gasteiger partial charge in [-0.25, -0.2) is 4.39 Å². The van der Waals surface area contributed by atoms with E-state index in [-0.39, 0.29) is 5.82 Å². The molecular formula is C16H22FNO. The highest BCUT2D eigenvalue weighted by molar-refractivity contribution is 5.32. The molecule has 0 radical (unpaired) electrons. The zero-order chi connectivity index (χ0) is 13.3. The van der Waals surface area contributed by atoms with Gasteiger partial charge in [-0.15, -0.1) is 0 Å². The molecule has 1 saturated carbocycles. The summed E-state index contributed by atoms with van der Waals surface area (Å²) in [5.41, 5.74) is 1.44. The van der Waals surface area contributed by atoms with E-state index in [9.17, 15) is 4.39 Å². The number of ether oxygens (including phenoxy) is 1. The number of rotatable bonds is 2. The van der Waals surface area contributed by atoms with Crippen LogP contribution in [0.25, 0.3) is 0 Å². The third-order valence-electron chi connectivity index (χ3n) is 4.94. The van der Waals surface area contributed by atoms with Crippen LogP contribution in [0, 0.1) is 11.2 Å². The zero-order valence-corrected chi connectivity index (χ0v) is 11.5. The number of nitrogens with one attached hydrogen (secondary N) is 1. The lowest BCUT2D eigenvalue weighted by Crippen LogP contribution is -2.31. The van der Waals surface area contributed by atoms with Crippen LogP contribution in [0.5, 0.6) is 5.75 Å². The monoisotopic (exact) mass is 263 g/mol. The molecule has 0 amide bonds. The molecule has 1 aliphatic heterocycles. The van der Waals surface area contributed by atoms with Crippen molar-refractivity contribution in [3.05, 3.63) is 29.6 Å². The number of halogens is 1. The molecule has 2 aliphatic rings. The summed E-state index contributed by atoms with van der Waals surface area (Å²) >= 11 is 0. The number of benzene rings is 1. The predicted molar refractivity (Wildman–Crippen MR) is 73.8 cm³/mol. The van der Waals surface area contributed by atoms with Crippen LogP contribution in [0.3, 0.4) is 0 Å². The second-order valence-corrected chi connectivity index (χ2v) is 5.95. The average Bonchev–Trinajstić information content (AvgIpc) is 2.82. The van der Waals surface area contributed by atoms with Crippen molar-refractivity contribution >= 4 is 0 Å². The maximum atomic E-state index is 13.9. The summed E-state index contributed by atoms with van der Waals surface area (Å²) in [6.07, 6.45) is 7.76. The minimum atomic E-state index is -0.250. The normalized spacial score (nSPS) is 25.7. The molecular weight excluding hydrogens is 241 g/mol. The molecule has 3 rings (SSSR count). The van der Waals surface area contributed by atoms with Crippen molar-refractivity contribution in [2.75, 3.05) is 13.7 Å². The van der Waals surface area contributed by atoms with Gasteiger partial charge in [-0.3, -0.25) is 0 Å². The minimum Gasteiger partial charge on any atom is -0.494 e. The van der Waals surface area contributed by atoms with E-state index in [1.165, 1.54) is 45.6 Å². The number of hydrogen-bond donors (Lipinski definition) is 1. The summed E-state index contributed by atoms with van der Waals surface area (Å²) in [6, 6.07) is 5.73. The minimum absolute atomic E-state index is 0.250. The molecule has 1 aromatic carbocycles. The van der Waals surface area contributed by atoms with E-state index in [1.54, 1.807) is 12.1 Å². The SMILES string of the molecule is COc1ccc(C2NCCC23CCCCC3)cc1F. The number of methoxy groups -OCH3 is 1. The Morgan fingerprint density at radius 1 is 1.21 bits per heavy atom. The van der Waals surface area contributed by atoms with Gasteiger partial charge in [0.25, 0.3) is 0 Å². The molecule has 1 aromatic rings. The van der Waals surface area contributed by atoms with Gasteiger partial charge in [0, 0.05) is 6.04 Å². The lowest BCUT2D eigenvalue weighted by Gasteiger charge is -2.38. The summed E-state index contributed by atoms with van der Waals surface area (Å²) in [4.78, 5) is 0. The topological polar surface area (TPSA) is 21.3 Å². The Bertz CT molecular complexity index is 454. The van der Waals surface area contributed by atoms with Gasteiger partial charge in [-0.1, -0.05) is 25.3 Å². The molecule has 0 aromatic heterocycles. The Kier molecular flexibility index (Phi) is 3.48. The standard InChI is InChI=1S/C16H22FNO/c1-19-14-6-5-12(11-13(14)17)15-16(9-10-18-15)7-3-2-4-8-16/h5-6,11,15,18H,2-4,7-10H2,1H3. The molecule has 0 bridgehead atoms. The van der Waals surface area contributed by atoms with Crippen molar-refractivity contribution in [3.8, 4) is 5.75 Å². The molecule has 2 nitrogen and oxygen atoms in total. The van der Waals surface area contributed by atoms with Crippen LogP contribution >= 0.6 is 0 Å². The quantitative estimate of drug-likeness (QED) is 0.876. The van der Waals surface area contributed by atoms with Crippen LogP contribution in [0.1, 0.15) is 50.1 Å². The van der Waals surface area contributed by atoms with Crippen molar-refractivity contribution in [1.29, 1.82) is 0 Å². The molecule has 104 valence electrons. The molecule has 2 fully saturated rings. The van der Waals surface area contributed by atoms with Crippen LogP contribution in [-0.2, 0) is 0 Å². The molecule has 1 atom stereocenters. The third-order valence-corrected chi connectivity index (χ3v) is 4.94. The highest BCUT2D eigenvalue weighted by Gasteiger charge is 2.43. The lowest BCUT2D eigenvalue weighted by atomic mass is 9.67. The lowest BCUT2D eigenvalue weighted by molar-refractivity contribution is 0.164. The van der Waals surface area contributed by atoms with Crippen molar-refractivity contribution in [3.63, 3.8) is 0 Å². The fourth-order valence-corrected chi connectivity index (χ4v) is 3.95. The van der Waals surface area contributed by atoms with Gasteiger partial charge in [0.1, 0.15) is 0 Å². The van der Waals surface area contributed by atoms with E-state index >= 15 is 0 Å². The van der Waals surface area contributed by atoms with Gasteiger partial charge in [-0.2, -0.15) is 0 Å². The van der Waals surface area contributed by atoms with Gasteiger partial charge in [0.15, 0.2) is 11.6 Å². The van der Waals surface area contributed by atoms with E-state index in [0.717, 1.165) is 12.1 Å². The summed E-state index contributed by atoms with van der Waals surface area (Å²) in [5, 5.41) is 3.59. The second kappa shape index (κ2) is 5.12. The number of hydrogen-bond acceptors (Lipinski definition) is 2. The molecule has 3 heteroatoms. The largest absolute Gasteiger partial charge is 0.494 e. The van der Waals surface area contributed by atoms with Crippen molar-refractivity contribution in [2.45, 2.75) is 44.6 Å². The molecule has 1 saturated heterocycles. The van der Waals surface area contributed by atoms with Crippen LogP contribution in [0.4, 0.5) is 4.39 Å². The first-order valence-electron chi connectivity index (χ1n) is 7.32. The molecule has 1 N–H and O–H groups in total. The van der Waals surface area contributed by atoms with Gasteiger partial charge in [0.2, 0.25) is 0 Å². The average molecular weight is 263 g/mol. The predicted octanol–water partition coefficient (Wildman–Crippen LogP) is 3.82. The fraction of sp³-hybridized carbons (Fsp3) is 0.625. The van der Waals surface area contributed by atoms with Crippen molar-refractivity contribution in [1.82, 2.24) is 5.32 Å². The van der Waals surface area contributed by atoms with Crippen LogP contribution in [-0.4, -0.2) is 13.7 Å². The maximum absolute atomic E-state index is 13.9. The van der Waals surface area contributed by atoms with E-state index in [4.69, 9.17) is 4.74 Å². The fourth-order valence-electron chi connectivity index (χ4n) is 3.95.